The van der Waals surface area contributed by atoms with E-state index in [1.165, 1.54) is 0 Å². The second-order valence-electron chi connectivity index (χ2n) is 3.37. The maximum Gasteiger partial charge on any atom is 0.221 e. The van der Waals surface area contributed by atoms with Gasteiger partial charge in [0.15, 0.2) is 0 Å². The van der Waals surface area contributed by atoms with Crippen LogP contribution in [0.15, 0.2) is 30.3 Å². The van der Waals surface area contributed by atoms with Crippen molar-refractivity contribution in [1.82, 2.24) is 0 Å². The Hall–Kier alpha value is -0.790. The van der Waals surface area contributed by atoms with E-state index in [9.17, 15) is 4.21 Å². The van der Waals surface area contributed by atoms with Gasteiger partial charge >= 0.3 is 0 Å². The third-order valence-electron chi connectivity index (χ3n) is 2.11. The van der Waals surface area contributed by atoms with Gasteiger partial charge in [0.25, 0.3) is 0 Å². The quantitative estimate of drug-likeness (QED) is 0.496. The van der Waals surface area contributed by atoms with Crippen molar-refractivity contribution in [2.75, 3.05) is 6.54 Å². The zero-order valence-electron chi connectivity index (χ0n) is 8.83. The third kappa shape index (κ3) is 3.66. The predicted octanol–water partition coefficient (Wildman–Crippen LogP) is 0.386. The molecule has 5 nitrogen and oxygen atoms in total. The lowest BCUT2D eigenvalue weighted by atomic mass is 10.2. The molecule has 1 aromatic rings. The van der Waals surface area contributed by atoms with Gasteiger partial charge in [-0.15, -0.1) is 0 Å². The number of benzene rings is 1. The molecule has 0 fully saturated rings. The van der Waals surface area contributed by atoms with Gasteiger partial charge in [0, 0.05) is 6.42 Å². The molecule has 0 spiro atoms. The fraction of sp³-hybridized carbons (Fsp3) is 0.400. The van der Waals surface area contributed by atoms with Crippen LogP contribution in [0.2, 0.25) is 0 Å². The first-order valence-electron chi connectivity index (χ1n) is 4.86. The molecule has 0 aliphatic rings. The third-order valence-corrected chi connectivity index (χ3v) is 3.03. The van der Waals surface area contributed by atoms with Gasteiger partial charge in [-0.05, 0) is 12.1 Å². The Kier molecular flexibility index (Phi) is 5.04. The average molecular weight is 244 g/mol. The van der Waals surface area contributed by atoms with Crippen LogP contribution in [0.1, 0.15) is 12.0 Å². The Bertz CT molecular complexity index is 347. The molecule has 0 saturated carbocycles. The standard InChI is InChI=1S/C10H16N2O3S/c11-7-6-10(12,16(13)14)15-8-9-4-2-1-3-5-9/h1-5H,6-8,11-12H2,(H,13,14). The summed E-state index contributed by atoms with van der Waals surface area (Å²) in [7, 11) is 0. The molecular formula is C10H16N2O3S. The van der Waals surface area contributed by atoms with Crippen LogP contribution in [0.25, 0.3) is 0 Å². The molecule has 16 heavy (non-hydrogen) atoms. The molecule has 1 rings (SSSR count). The Morgan fingerprint density at radius 2 is 2.00 bits per heavy atom. The molecule has 0 heterocycles. The molecule has 0 radical (unpaired) electrons. The highest BCUT2D eigenvalue weighted by Crippen LogP contribution is 2.15. The van der Waals surface area contributed by atoms with Gasteiger partial charge in [0.2, 0.25) is 16.1 Å². The SMILES string of the molecule is NCCC(N)(OCc1ccccc1)S(=O)O. The van der Waals surface area contributed by atoms with Crippen molar-refractivity contribution in [1.29, 1.82) is 0 Å². The minimum absolute atomic E-state index is 0.128. The number of rotatable bonds is 6. The molecule has 90 valence electrons. The zero-order chi connectivity index (χ0) is 12.0. The molecule has 0 amide bonds. The number of ether oxygens (including phenoxy) is 1. The zero-order valence-corrected chi connectivity index (χ0v) is 9.65. The summed E-state index contributed by atoms with van der Waals surface area (Å²) in [6.07, 6.45) is 0.128. The van der Waals surface area contributed by atoms with Gasteiger partial charge in [0.1, 0.15) is 0 Å². The lowest BCUT2D eigenvalue weighted by Crippen LogP contribution is -2.48. The summed E-state index contributed by atoms with van der Waals surface area (Å²) >= 11 is -2.27. The van der Waals surface area contributed by atoms with E-state index in [-0.39, 0.29) is 19.6 Å². The van der Waals surface area contributed by atoms with Gasteiger partial charge in [-0.1, -0.05) is 30.3 Å². The molecular weight excluding hydrogens is 228 g/mol. The van der Waals surface area contributed by atoms with Crippen molar-refractivity contribution in [3.63, 3.8) is 0 Å². The second kappa shape index (κ2) is 6.07. The molecule has 1 aromatic carbocycles. The highest BCUT2D eigenvalue weighted by Gasteiger charge is 2.32. The average Bonchev–Trinajstić information content (AvgIpc) is 2.28. The second-order valence-corrected chi connectivity index (χ2v) is 4.56. The smallest absolute Gasteiger partial charge is 0.221 e. The summed E-state index contributed by atoms with van der Waals surface area (Å²) in [6.45, 7) is 0.376. The first-order valence-corrected chi connectivity index (χ1v) is 5.97. The van der Waals surface area contributed by atoms with Crippen molar-refractivity contribution in [2.24, 2.45) is 11.5 Å². The Labute approximate surface area is 97.1 Å². The van der Waals surface area contributed by atoms with Gasteiger partial charge in [-0.25, -0.2) is 4.21 Å². The number of hydrogen-bond donors (Lipinski definition) is 3. The summed E-state index contributed by atoms with van der Waals surface area (Å²) in [5.41, 5.74) is 11.9. The molecule has 0 aromatic heterocycles. The Morgan fingerprint density at radius 3 is 2.50 bits per heavy atom. The molecule has 0 saturated heterocycles. The van der Waals surface area contributed by atoms with Crippen LogP contribution < -0.4 is 11.5 Å². The number of hydrogen-bond acceptors (Lipinski definition) is 4. The maximum absolute atomic E-state index is 11.0. The molecule has 2 unspecified atom stereocenters. The highest BCUT2D eigenvalue weighted by atomic mass is 32.2. The van der Waals surface area contributed by atoms with Crippen LogP contribution in [-0.4, -0.2) is 20.4 Å². The van der Waals surface area contributed by atoms with Crippen LogP contribution in [-0.2, 0) is 22.4 Å². The van der Waals surface area contributed by atoms with Crippen molar-refractivity contribution in [2.45, 2.75) is 18.1 Å². The first kappa shape index (κ1) is 13.3. The van der Waals surface area contributed by atoms with E-state index in [1.54, 1.807) is 0 Å². The van der Waals surface area contributed by atoms with Crippen LogP contribution in [0, 0.1) is 0 Å². The highest BCUT2D eigenvalue weighted by molar-refractivity contribution is 7.80. The minimum atomic E-state index is -2.27. The Morgan fingerprint density at radius 1 is 1.38 bits per heavy atom. The van der Waals surface area contributed by atoms with E-state index in [1.807, 2.05) is 30.3 Å². The fourth-order valence-corrected chi connectivity index (χ4v) is 1.64. The van der Waals surface area contributed by atoms with Crippen molar-refractivity contribution >= 4 is 11.1 Å². The van der Waals surface area contributed by atoms with Gasteiger partial charge < -0.3 is 15.0 Å². The Balaban J connectivity index is 2.60. The van der Waals surface area contributed by atoms with E-state index in [4.69, 9.17) is 20.8 Å². The van der Waals surface area contributed by atoms with E-state index in [2.05, 4.69) is 0 Å². The van der Waals surface area contributed by atoms with E-state index in [0.29, 0.717) is 0 Å². The van der Waals surface area contributed by atoms with E-state index < -0.39 is 16.1 Å². The summed E-state index contributed by atoms with van der Waals surface area (Å²) in [4.78, 5) is 0. The van der Waals surface area contributed by atoms with E-state index in [0.717, 1.165) is 5.56 Å². The molecule has 5 N–H and O–H groups in total. The molecule has 0 bridgehead atoms. The topological polar surface area (TPSA) is 98.6 Å². The predicted molar refractivity (Wildman–Crippen MR) is 62.6 cm³/mol. The molecule has 0 aliphatic carbocycles. The van der Waals surface area contributed by atoms with E-state index >= 15 is 0 Å². The summed E-state index contributed by atoms with van der Waals surface area (Å²) in [5, 5.41) is -1.59. The molecule has 2 atom stereocenters. The first-order chi connectivity index (χ1) is 7.58. The summed E-state index contributed by atoms with van der Waals surface area (Å²) in [6, 6.07) is 9.29. The van der Waals surface area contributed by atoms with Crippen LogP contribution in [0.5, 0.6) is 0 Å². The van der Waals surface area contributed by atoms with Crippen LogP contribution in [0.3, 0.4) is 0 Å². The van der Waals surface area contributed by atoms with Crippen LogP contribution in [0.4, 0.5) is 0 Å². The summed E-state index contributed by atoms with van der Waals surface area (Å²) in [5.74, 6) is 0. The van der Waals surface area contributed by atoms with Crippen LogP contribution >= 0.6 is 0 Å². The normalized spacial score (nSPS) is 16.7. The van der Waals surface area contributed by atoms with Crippen molar-refractivity contribution < 1.29 is 13.5 Å². The lowest BCUT2D eigenvalue weighted by Gasteiger charge is -2.25. The molecule has 6 heteroatoms. The largest absolute Gasteiger partial charge is 0.342 e. The monoisotopic (exact) mass is 244 g/mol. The maximum atomic E-state index is 11.0. The van der Waals surface area contributed by atoms with Crippen molar-refractivity contribution in [3.05, 3.63) is 35.9 Å². The lowest BCUT2D eigenvalue weighted by molar-refractivity contribution is 0.00475. The molecule has 0 aliphatic heterocycles. The van der Waals surface area contributed by atoms with Crippen molar-refractivity contribution in [3.8, 4) is 0 Å². The summed E-state index contributed by atoms with van der Waals surface area (Å²) < 4.78 is 25.4. The number of nitrogens with two attached hydrogens (primary N) is 2. The van der Waals surface area contributed by atoms with Gasteiger partial charge in [-0.2, -0.15) is 0 Å². The van der Waals surface area contributed by atoms with Gasteiger partial charge in [0.05, 0.1) is 6.61 Å². The van der Waals surface area contributed by atoms with Gasteiger partial charge in [-0.3, -0.25) is 5.73 Å². The minimum Gasteiger partial charge on any atom is -0.342 e. The fourth-order valence-electron chi connectivity index (χ4n) is 1.19.